The molecule has 0 aromatic carbocycles. The van der Waals surface area contributed by atoms with Crippen molar-refractivity contribution in [2.75, 3.05) is 11.9 Å². The van der Waals surface area contributed by atoms with Crippen LogP contribution < -0.4 is 10.6 Å². The molecule has 7 heteroatoms. The van der Waals surface area contributed by atoms with E-state index < -0.39 is 5.91 Å². The highest BCUT2D eigenvalue weighted by molar-refractivity contribution is 5.95. The molecule has 0 aliphatic carbocycles. The lowest BCUT2D eigenvalue weighted by Crippen LogP contribution is -2.28. The smallest absolute Gasteiger partial charge is 0.273 e. The Kier molecular flexibility index (Phi) is 4.81. The molecular weight excluding hydrogens is 272 g/mol. The van der Waals surface area contributed by atoms with E-state index in [4.69, 9.17) is 0 Å². The van der Waals surface area contributed by atoms with Gasteiger partial charge in [-0.1, -0.05) is 0 Å². The van der Waals surface area contributed by atoms with Gasteiger partial charge in [0.05, 0.1) is 0 Å². The van der Waals surface area contributed by atoms with Gasteiger partial charge >= 0.3 is 0 Å². The van der Waals surface area contributed by atoms with Gasteiger partial charge in [0, 0.05) is 37.2 Å². The van der Waals surface area contributed by atoms with Crippen LogP contribution in [-0.2, 0) is 4.79 Å². The zero-order valence-corrected chi connectivity index (χ0v) is 11.1. The van der Waals surface area contributed by atoms with E-state index in [0.29, 0.717) is 5.69 Å². The lowest BCUT2D eigenvalue weighted by Gasteiger charge is -2.07. The number of hydrogen-bond donors (Lipinski definition) is 3. The summed E-state index contributed by atoms with van der Waals surface area (Å²) >= 11 is 0. The third-order valence-electron chi connectivity index (χ3n) is 2.60. The number of aromatic nitrogens is 2. The first-order chi connectivity index (χ1) is 10.2. The summed E-state index contributed by atoms with van der Waals surface area (Å²) in [5.41, 5.74) is 0.579. The van der Waals surface area contributed by atoms with Crippen LogP contribution in [0.2, 0.25) is 0 Å². The molecule has 3 N–H and O–H groups in total. The van der Waals surface area contributed by atoms with Gasteiger partial charge in [-0.25, -0.2) is 4.98 Å². The number of anilines is 1. The van der Waals surface area contributed by atoms with Gasteiger partial charge in [-0.15, -0.1) is 0 Å². The van der Waals surface area contributed by atoms with Crippen LogP contribution in [0.3, 0.4) is 0 Å². The van der Waals surface area contributed by atoms with E-state index in [1.54, 1.807) is 24.5 Å². The van der Waals surface area contributed by atoms with Crippen LogP contribution in [0.5, 0.6) is 5.75 Å². The topological polar surface area (TPSA) is 104 Å². The van der Waals surface area contributed by atoms with Crippen molar-refractivity contribution in [3.8, 4) is 5.75 Å². The number of carbonyl (C=O) groups excluding carboxylic acids is 2. The Bertz CT molecular complexity index is 631. The summed E-state index contributed by atoms with van der Waals surface area (Å²) < 4.78 is 0. The molecule has 21 heavy (non-hydrogen) atoms. The standard InChI is InChI=1S/C14H14N4O3/c19-11-2-1-6-16-13(11)14(21)17-9-5-12(20)18-10-3-7-15-8-4-10/h1-4,6-8,19H,5,9H2,(H,17,21)(H,15,18,20). The van der Waals surface area contributed by atoms with Crippen molar-refractivity contribution < 1.29 is 14.7 Å². The number of aromatic hydroxyl groups is 1. The van der Waals surface area contributed by atoms with Crippen LogP contribution in [0.4, 0.5) is 5.69 Å². The number of carbonyl (C=O) groups is 2. The Morgan fingerprint density at radius 2 is 1.90 bits per heavy atom. The number of pyridine rings is 2. The second-order valence-electron chi connectivity index (χ2n) is 4.16. The maximum absolute atomic E-state index is 11.7. The molecule has 2 aromatic heterocycles. The molecule has 0 bridgehead atoms. The molecule has 0 fully saturated rings. The number of rotatable bonds is 5. The van der Waals surface area contributed by atoms with Crippen molar-refractivity contribution in [2.45, 2.75) is 6.42 Å². The van der Waals surface area contributed by atoms with Gasteiger partial charge in [0.25, 0.3) is 5.91 Å². The second kappa shape index (κ2) is 6.99. The van der Waals surface area contributed by atoms with Crippen molar-refractivity contribution in [1.82, 2.24) is 15.3 Å². The van der Waals surface area contributed by atoms with Crippen molar-refractivity contribution in [1.29, 1.82) is 0 Å². The summed E-state index contributed by atoms with van der Waals surface area (Å²) in [5, 5.41) is 14.7. The Morgan fingerprint density at radius 3 is 2.62 bits per heavy atom. The fraction of sp³-hybridized carbons (Fsp3) is 0.143. The van der Waals surface area contributed by atoms with Crippen LogP contribution in [0.15, 0.2) is 42.9 Å². The second-order valence-corrected chi connectivity index (χ2v) is 4.16. The summed E-state index contributed by atoms with van der Waals surface area (Å²) in [7, 11) is 0. The van der Waals surface area contributed by atoms with Crippen molar-refractivity contribution in [3.05, 3.63) is 48.5 Å². The summed E-state index contributed by atoms with van der Waals surface area (Å²) in [6, 6.07) is 6.23. The minimum atomic E-state index is -0.523. The predicted octanol–water partition coefficient (Wildman–Crippen LogP) is 0.941. The first kappa shape index (κ1) is 14.4. The fourth-order valence-corrected chi connectivity index (χ4v) is 1.60. The molecule has 108 valence electrons. The van der Waals surface area contributed by atoms with Crippen molar-refractivity contribution in [2.24, 2.45) is 0 Å². The quantitative estimate of drug-likeness (QED) is 0.759. The van der Waals surface area contributed by atoms with Gasteiger partial charge in [-0.3, -0.25) is 14.6 Å². The van der Waals surface area contributed by atoms with Crippen LogP contribution in [0.25, 0.3) is 0 Å². The van der Waals surface area contributed by atoms with E-state index >= 15 is 0 Å². The lowest BCUT2D eigenvalue weighted by atomic mass is 10.3. The average Bonchev–Trinajstić information content (AvgIpc) is 2.48. The molecule has 0 saturated heterocycles. The number of hydrogen-bond acceptors (Lipinski definition) is 5. The molecule has 0 atom stereocenters. The van der Waals surface area contributed by atoms with E-state index in [9.17, 15) is 14.7 Å². The van der Waals surface area contributed by atoms with Crippen LogP contribution >= 0.6 is 0 Å². The molecule has 0 radical (unpaired) electrons. The Balaban J connectivity index is 1.78. The van der Waals surface area contributed by atoms with E-state index in [1.165, 1.54) is 18.3 Å². The lowest BCUT2D eigenvalue weighted by molar-refractivity contribution is -0.116. The van der Waals surface area contributed by atoms with E-state index in [2.05, 4.69) is 20.6 Å². The highest BCUT2D eigenvalue weighted by Crippen LogP contribution is 2.11. The van der Waals surface area contributed by atoms with Crippen molar-refractivity contribution in [3.63, 3.8) is 0 Å². The summed E-state index contributed by atoms with van der Waals surface area (Å²) in [6.45, 7) is 0.145. The van der Waals surface area contributed by atoms with Gasteiger partial charge in [0.1, 0.15) is 5.75 Å². The Hall–Kier alpha value is -2.96. The maximum Gasteiger partial charge on any atom is 0.273 e. The molecule has 2 heterocycles. The maximum atomic E-state index is 11.7. The Morgan fingerprint density at radius 1 is 1.14 bits per heavy atom. The summed E-state index contributed by atoms with van der Waals surface area (Å²) in [4.78, 5) is 31.0. The molecule has 0 unspecified atom stereocenters. The zero-order valence-electron chi connectivity index (χ0n) is 11.1. The normalized spacial score (nSPS) is 9.90. The van der Waals surface area contributed by atoms with E-state index in [1.807, 2.05) is 0 Å². The van der Waals surface area contributed by atoms with Crippen LogP contribution in [0.1, 0.15) is 16.9 Å². The zero-order chi connectivity index (χ0) is 15.1. The van der Waals surface area contributed by atoms with E-state index in [-0.39, 0.29) is 30.3 Å². The van der Waals surface area contributed by atoms with Crippen LogP contribution in [0, 0.1) is 0 Å². The van der Waals surface area contributed by atoms with Gasteiger partial charge < -0.3 is 15.7 Å². The minimum Gasteiger partial charge on any atom is -0.505 e. The third kappa shape index (κ3) is 4.27. The number of amides is 2. The van der Waals surface area contributed by atoms with Crippen molar-refractivity contribution >= 4 is 17.5 Å². The highest BCUT2D eigenvalue weighted by atomic mass is 16.3. The minimum absolute atomic E-state index is 0.0629. The molecule has 7 nitrogen and oxygen atoms in total. The molecule has 0 saturated carbocycles. The number of nitrogens with zero attached hydrogens (tertiary/aromatic N) is 2. The number of nitrogens with one attached hydrogen (secondary N) is 2. The molecular formula is C14H14N4O3. The highest BCUT2D eigenvalue weighted by Gasteiger charge is 2.12. The molecule has 0 aliphatic rings. The molecule has 2 rings (SSSR count). The van der Waals surface area contributed by atoms with Gasteiger partial charge in [-0.2, -0.15) is 0 Å². The SMILES string of the molecule is O=C(CCNC(=O)c1ncccc1O)Nc1ccncc1. The van der Waals surface area contributed by atoms with Gasteiger partial charge in [0.2, 0.25) is 5.91 Å². The third-order valence-corrected chi connectivity index (χ3v) is 2.60. The first-order valence-electron chi connectivity index (χ1n) is 6.29. The predicted molar refractivity (Wildman–Crippen MR) is 75.7 cm³/mol. The molecule has 0 aliphatic heterocycles. The monoisotopic (exact) mass is 286 g/mol. The average molecular weight is 286 g/mol. The van der Waals surface area contributed by atoms with Gasteiger partial charge in [0.15, 0.2) is 5.69 Å². The molecule has 2 aromatic rings. The Labute approximate surface area is 121 Å². The van der Waals surface area contributed by atoms with Crippen LogP contribution in [-0.4, -0.2) is 33.4 Å². The summed E-state index contributed by atoms with van der Waals surface area (Å²) in [6.07, 6.45) is 4.66. The summed E-state index contributed by atoms with van der Waals surface area (Å²) in [5.74, 6) is -0.951. The largest absolute Gasteiger partial charge is 0.505 e. The van der Waals surface area contributed by atoms with Gasteiger partial charge in [-0.05, 0) is 24.3 Å². The molecule has 0 spiro atoms. The fourth-order valence-electron chi connectivity index (χ4n) is 1.60. The van der Waals surface area contributed by atoms with E-state index in [0.717, 1.165) is 0 Å². The molecule has 2 amide bonds. The first-order valence-corrected chi connectivity index (χ1v) is 6.29.